The Labute approximate surface area is 145 Å². The molecule has 1 aliphatic heterocycles. The van der Waals surface area contributed by atoms with E-state index in [0.29, 0.717) is 24.3 Å². The van der Waals surface area contributed by atoms with Crippen LogP contribution in [0.2, 0.25) is 0 Å². The number of aryl methyl sites for hydroxylation is 1. The van der Waals surface area contributed by atoms with Gasteiger partial charge in [-0.05, 0) is 30.7 Å². The van der Waals surface area contributed by atoms with Gasteiger partial charge in [0.05, 0.1) is 29.5 Å². The Kier molecular flexibility index (Phi) is 4.95. The summed E-state index contributed by atoms with van der Waals surface area (Å²) in [5.41, 5.74) is 2.41. The first-order valence-electron chi connectivity index (χ1n) is 8.00. The predicted octanol–water partition coefficient (Wildman–Crippen LogP) is 3.20. The Morgan fingerprint density at radius 3 is 2.72 bits per heavy atom. The van der Waals surface area contributed by atoms with E-state index < -0.39 is 4.92 Å². The minimum Gasteiger partial charge on any atom is -0.502 e. The first-order valence-corrected chi connectivity index (χ1v) is 8.00. The van der Waals surface area contributed by atoms with Gasteiger partial charge in [-0.3, -0.25) is 15.1 Å². The van der Waals surface area contributed by atoms with Crippen LogP contribution in [0, 0.1) is 17.0 Å². The molecule has 130 valence electrons. The zero-order valence-corrected chi connectivity index (χ0v) is 13.9. The fraction of sp³-hybridized carbons (Fsp3) is 0.278. The minimum absolute atomic E-state index is 0.317. The molecule has 1 aliphatic rings. The maximum atomic E-state index is 11.0. The van der Waals surface area contributed by atoms with Crippen molar-refractivity contribution in [3.63, 3.8) is 0 Å². The lowest BCUT2D eigenvalue weighted by atomic mass is 10.1. The van der Waals surface area contributed by atoms with Crippen LogP contribution in [-0.4, -0.2) is 42.5 Å². The zero-order chi connectivity index (χ0) is 17.8. The summed E-state index contributed by atoms with van der Waals surface area (Å²) in [4.78, 5) is 17.1. The van der Waals surface area contributed by atoms with E-state index in [0.717, 1.165) is 24.5 Å². The third-order valence-electron chi connectivity index (χ3n) is 4.04. The van der Waals surface area contributed by atoms with Crippen molar-refractivity contribution in [3.8, 4) is 5.75 Å². The van der Waals surface area contributed by atoms with Gasteiger partial charge in [-0.1, -0.05) is 12.1 Å². The highest BCUT2D eigenvalue weighted by Crippen LogP contribution is 2.32. The second-order valence-electron chi connectivity index (χ2n) is 5.83. The molecule has 0 saturated carbocycles. The number of nitro groups is 1. The highest BCUT2D eigenvalue weighted by molar-refractivity contribution is 5.89. The van der Waals surface area contributed by atoms with Gasteiger partial charge in [0.25, 0.3) is 0 Å². The van der Waals surface area contributed by atoms with Crippen LogP contribution in [0.25, 0.3) is 0 Å². The van der Waals surface area contributed by atoms with E-state index >= 15 is 0 Å². The monoisotopic (exact) mass is 341 g/mol. The number of morpholine rings is 1. The average molecular weight is 341 g/mol. The van der Waals surface area contributed by atoms with Gasteiger partial charge >= 0.3 is 5.69 Å². The first kappa shape index (κ1) is 16.9. The SMILES string of the molecule is Cc1cc(C=Nc2ccccc2N2CCOCC2)c(O)c([N+](=O)[O-])c1. The lowest BCUT2D eigenvalue weighted by molar-refractivity contribution is -0.385. The molecule has 1 heterocycles. The summed E-state index contributed by atoms with van der Waals surface area (Å²) in [7, 11) is 0. The van der Waals surface area contributed by atoms with E-state index in [1.54, 1.807) is 13.0 Å². The van der Waals surface area contributed by atoms with Crippen LogP contribution >= 0.6 is 0 Å². The normalized spacial score (nSPS) is 14.8. The van der Waals surface area contributed by atoms with Crippen LogP contribution in [0.5, 0.6) is 5.75 Å². The van der Waals surface area contributed by atoms with Gasteiger partial charge in [0.15, 0.2) is 0 Å². The highest BCUT2D eigenvalue weighted by Gasteiger charge is 2.18. The van der Waals surface area contributed by atoms with E-state index in [1.165, 1.54) is 12.3 Å². The molecule has 3 rings (SSSR count). The Morgan fingerprint density at radius 2 is 2.00 bits per heavy atom. The van der Waals surface area contributed by atoms with Crippen molar-refractivity contribution in [2.75, 3.05) is 31.2 Å². The first-order chi connectivity index (χ1) is 12.1. The molecular formula is C18H19N3O4. The number of phenolic OH excluding ortho intramolecular Hbond substituents is 1. The van der Waals surface area contributed by atoms with Gasteiger partial charge in [0.2, 0.25) is 5.75 Å². The Morgan fingerprint density at radius 1 is 1.28 bits per heavy atom. The molecule has 0 bridgehead atoms. The van der Waals surface area contributed by atoms with Gasteiger partial charge in [-0.25, -0.2) is 0 Å². The molecule has 0 spiro atoms. The number of hydrogen-bond donors (Lipinski definition) is 1. The molecule has 0 radical (unpaired) electrons. The summed E-state index contributed by atoms with van der Waals surface area (Å²) in [6.07, 6.45) is 1.47. The highest BCUT2D eigenvalue weighted by atomic mass is 16.6. The molecule has 0 aliphatic carbocycles. The van der Waals surface area contributed by atoms with Crippen LogP contribution in [0.1, 0.15) is 11.1 Å². The number of benzene rings is 2. The number of para-hydroxylation sites is 2. The molecule has 1 N–H and O–H groups in total. The topological polar surface area (TPSA) is 88.2 Å². The molecule has 25 heavy (non-hydrogen) atoms. The summed E-state index contributed by atoms with van der Waals surface area (Å²) >= 11 is 0. The number of aromatic hydroxyl groups is 1. The molecule has 7 nitrogen and oxygen atoms in total. The van der Waals surface area contributed by atoms with Crippen LogP contribution in [-0.2, 0) is 4.74 Å². The summed E-state index contributed by atoms with van der Waals surface area (Å²) in [5.74, 6) is -0.372. The maximum absolute atomic E-state index is 11.0. The number of ether oxygens (including phenoxy) is 1. The van der Waals surface area contributed by atoms with E-state index in [-0.39, 0.29) is 11.4 Å². The van der Waals surface area contributed by atoms with E-state index in [4.69, 9.17) is 4.74 Å². The van der Waals surface area contributed by atoms with Gasteiger partial charge in [-0.2, -0.15) is 0 Å². The lowest BCUT2D eigenvalue weighted by Crippen LogP contribution is -2.36. The van der Waals surface area contributed by atoms with Crippen molar-refractivity contribution in [2.24, 2.45) is 4.99 Å². The van der Waals surface area contributed by atoms with E-state index in [9.17, 15) is 15.2 Å². The Hall–Kier alpha value is -2.93. The molecule has 0 unspecified atom stereocenters. The minimum atomic E-state index is -0.596. The van der Waals surface area contributed by atoms with E-state index in [2.05, 4.69) is 9.89 Å². The largest absolute Gasteiger partial charge is 0.502 e. The summed E-state index contributed by atoms with van der Waals surface area (Å²) in [6, 6.07) is 10.7. The van der Waals surface area contributed by atoms with Gasteiger partial charge < -0.3 is 14.7 Å². The number of nitro benzene ring substituents is 1. The number of anilines is 1. The number of phenols is 1. The Bertz CT molecular complexity index is 814. The van der Waals surface area contributed by atoms with Crippen molar-refractivity contribution in [3.05, 3.63) is 57.6 Å². The summed E-state index contributed by atoms with van der Waals surface area (Å²) < 4.78 is 5.38. The van der Waals surface area contributed by atoms with Crippen molar-refractivity contribution < 1.29 is 14.8 Å². The quantitative estimate of drug-likeness (QED) is 0.524. The lowest BCUT2D eigenvalue weighted by Gasteiger charge is -2.29. The summed E-state index contributed by atoms with van der Waals surface area (Å²) in [6.45, 7) is 4.65. The predicted molar refractivity (Wildman–Crippen MR) is 96.2 cm³/mol. The van der Waals surface area contributed by atoms with Gasteiger partial charge in [0, 0.05) is 30.9 Å². The number of rotatable bonds is 4. The van der Waals surface area contributed by atoms with Crippen molar-refractivity contribution in [1.82, 2.24) is 0 Å². The fourth-order valence-corrected chi connectivity index (χ4v) is 2.81. The van der Waals surface area contributed by atoms with Crippen LogP contribution in [0.15, 0.2) is 41.4 Å². The maximum Gasteiger partial charge on any atom is 0.311 e. The van der Waals surface area contributed by atoms with Crippen molar-refractivity contribution in [2.45, 2.75) is 6.92 Å². The van der Waals surface area contributed by atoms with Crippen LogP contribution < -0.4 is 4.90 Å². The number of aliphatic imine (C=N–C) groups is 1. The smallest absolute Gasteiger partial charge is 0.311 e. The van der Waals surface area contributed by atoms with Gasteiger partial charge in [0.1, 0.15) is 0 Å². The fourth-order valence-electron chi connectivity index (χ4n) is 2.81. The zero-order valence-electron chi connectivity index (χ0n) is 13.9. The molecule has 0 aromatic heterocycles. The molecule has 7 heteroatoms. The molecule has 1 fully saturated rings. The molecule has 1 saturated heterocycles. The number of nitrogens with zero attached hydrogens (tertiary/aromatic N) is 3. The van der Waals surface area contributed by atoms with Gasteiger partial charge in [-0.15, -0.1) is 0 Å². The molecule has 2 aromatic rings. The van der Waals surface area contributed by atoms with Crippen molar-refractivity contribution in [1.29, 1.82) is 0 Å². The van der Waals surface area contributed by atoms with Crippen molar-refractivity contribution >= 4 is 23.3 Å². The average Bonchev–Trinajstić information content (AvgIpc) is 2.63. The van der Waals surface area contributed by atoms with Crippen LogP contribution in [0.4, 0.5) is 17.1 Å². The Balaban J connectivity index is 1.94. The summed E-state index contributed by atoms with van der Waals surface area (Å²) in [5, 5.41) is 21.2. The molecule has 0 amide bonds. The third-order valence-corrected chi connectivity index (χ3v) is 4.04. The van der Waals surface area contributed by atoms with Crippen LogP contribution in [0.3, 0.4) is 0 Å². The standard InChI is InChI=1S/C18H19N3O4/c1-13-10-14(18(22)17(11-13)21(23)24)12-19-15-4-2-3-5-16(15)20-6-8-25-9-7-20/h2-5,10-12,22H,6-9H2,1H3. The molecular weight excluding hydrogens is 322 g/mol. The second kappa shape index (κ2) is 7.31. The van der Waals surface area contributed by atoms with E-state index in [1.807, 2.05) is 24.3 Å². The second-order valence-corrected chi connectivity index (χ2v) is 5.83. The third kappa shape index (κ3) is 3.77. The molecule has 2 aromatic carbocycles. The molecule has 0 atom stereocenters. The number of hydrogen-bond acceptors (Lipinski definition) is 6.